The van der Waals surface area contributed by atoms with Gasteiger partial charge in [0.15, 0.2) is 0 Å². The number of hydrogen-bond donors (Lipinski definition) is 3. The Morgan fingerprint density at radius 1 is 0.623 bits per heavy atom. The minimum absolute atomic E-state index is 0.223. The van der Waals surface area contributed by atoms with Gasteiger partial charge in [0.05, 0.1) is 25.3 Å². The average Bonchev–Trinajstić information content (AvgIpc) is 3.27. The van der Waals surface area contributed by atoms with Crippen molar-refractivity contribution in [2.24, 2.45) is 17.8 Å². The van der Waals surface area contributed by atoms with Crippen molar-refractivity contribution in [1.29, 1.82) is 0 Å². The molecule has 3 aliphatic heterocycles. The quantitative estimate of drug-likeness (QED) is 0.122. The summed E-state index contributed by atoms with van der Waals surface area (Å²) in [7, 11) is 0. The number of amides is 2. The zero-order chi connectivity index (χ0) is 50.1. The third-order valence-corrected chi connectivity index (χ3v) is 12.2. The van der Waals surface area contributed by atoms with Gasteiger partial charge in [-0.1, -0.05) is 85.6 Å². The molecule has 4 aromatic rings. The van der Waals surface area contributed by atoms with Gasteiger partial charge in [-0.05, 0) is 108 Å². The van der Waals surface area contributed by atoms with Crippen LogP contribution >= 0.6 is 0 Å². The summed E-state index contributed by atoms with van der Waals surface area (Å²) in [5.74, 6) is -1.71. The maximum Gasteiger partial charge on any atom is 0.490 e. The van der Waals surface area contributed by atoms with E-state index >= 15 is 0 Å². The number of aldehydes is 1. The fourth-order valence-electron chi connectivity index (χ4n) is 7.88. The lowest BCUT2D eigenvalue weighted by Crippen LogP contribution is -2.46. The number of nitrogens with one attached hydrogen (secondary N) is 1. The number of aliphatic hydroxyl groups is 1. The zero-order valence-corrected chi connectivity index (χ0v) is 37.6. The molecule has 0 aromatic heterocycles. The molecule has 374 valence electrons. The molecule has 19 heteroatoms. The molecule has 2 atom stereocenters. The van der Waals surface area contributed by atoms with Crippen LogP contribution < -0.4 is 5.32 Å². The molecule has 0 radical (unpaired) electrons. The molecule has 2 saturated carbocycles. The number of nitrogens with zero attached hydrogens (tertiary/aromatic N) is 2. The van der Waals surface area contributed by atoms with E-state index in [2.05, 4.69) is 23.5 Å². The smallest absolute Gasteiger partial charge is 0.475 e. The van der Waals surface area contributed by atoms with Crippen LogP contribution in [0.2, 0.25) is 0 Å². The number of aliphatic hydroxyl groups excluding tert-OH is 1. The Morgan fingerprint density at radius 2 is 1.00 bits per heavy atom. The first-order valence-electron chi connectivity index (χ1n) is 22.6. The van der Waals surface area contributed by atoms with Crippen molar-refractivity contribution in [3.63, 3.8) is 0 Å². The van der Waals surface area contributed by atoms with Crippen molar-refractivity contribution in [2.75, 3.05) is 46.0 Å². The first-order valence-corrected chi connectivity index (χ1v) is 22.6. The number of rotatable bonds is 7. The van der Waals surface area contributed by atoms with Crippen LogP contribution in [-0.4, -0.2) is 103 Å². The summed E-state index contributed by atoms with van der Waals surface area (Å²) in [6.07, 6.45) is -2.34. The number of carbonyl (C=O) groups is 4. The number of benzene rings is 4. The molecule has 0 unspecified atom stereocenters. The number of hydrogen-bond acceptors (Lipinski definition) is 8. The van der Waals surface area contributed by atoms with Crippen LogP contribution in [0.1, 0.15) is 84.0 Å². The van der Waals surface area contributed by atoms with Crippen molar-refractivity contribution in [1.82, 2.24) is 15.1 Å². The highest BCUT2D eigenvalue weighted by atomic mass is 19.4. The van der Waals surface area contributed by atoms with Crippen molar-refractivity contribution < 1.29 is 74.0 Å². The second-order valence-electron chi connectivity index (χ2n) is 17.1. The Bertz CT molecular complexity index is 2130. The molecule has 2 aliphatic carbocycles. The minimum Gasteiger partial charge on any atom is -0.475 e. The number of carbonyl (C=O) groups excluding carboxylic acids is 3. The van der Waals surface area contributed by atoms with Crippen LogP contribution in [0.25, 0.3) is 0 Å². The standard InChI is InChI=1S/C21H22FNO2.C20H21FN2O2.C5H10O.C2HF3O2.C2HF3O/c22-18-10-8-17(9-11-18)20-19-7-2-1-6-16(19)12-13-23(20)21(24)25-14-15-4-3-5-15;21-17-7-5-16(6-8-17)19-18-4-2-1-3-15(18)9-10-23(19)20(24)25-13-14-11-22-12-14;6-4-5-2-1-3-5;3-2(4,5)1(6)7;3-2(4,5)1-6/h1-2,6-11,15,20H,3-5,12-14H2;1-8,14,19,22H,9-13H2;5-6H,1-4H2;(H,6,7);1H/t20-;19-;;;/m00.../s1. The summed E-state index contributed by atoms with van der Waals surface area (Å²) in [6.45, 7) is 4.38. The Kier molecular flexibility index (Phi) is 19.9. The Morgan fingerprint density at radius 3 is 1.29 bits per heavy atom. The van der Waals surface area contributed by atoms with Gasteiger partial charge in [-0.3, -0.25) is 14.6 Å². The molecule has 2 amide bonds. The zero-order valence-electron chi connectivity index (χ0n) is 37.6. The highest BCUT2D eigenvalue weighted by Gasteiger charge is 2.38. The topological polar surface area (TPSA) is 146 Å². The lowest BCUT2D eigenvalue weighted by atomic mass is 9.86. The Labute approximate surface area is 394 Å². The molecule has 3 N–H and O–H groups in total. The number of fused-ring (bicyclic) bond motifs is 2. The largest absolute Gasteiger partial charge is 0.490 e. The van der Waals surface area contributed by atoms with Crippen molar-refractivity contribution in [2.45, 2.75) is 75.8 Å². The fraction of sp³-hybridized carbons (Fsp3) is 0.440. The van der Waals surface area contributed by atoms with Crippen LogP contribution in [0, 0.1) is 29.4 Å². The van der Waals surface area contributed by atoms with Crippen LogP contribution in [0.15, 0.2) is 97.1 Å². The lowest BCUT2D eigenvalue weighted by Gasteiger charge is -2.37. The van der Waals surface area contributed by atoms with E-state index in [4.69, 9.17) is 29.3 Å². The van der Waals surface area contributed by atoms with E-state index in [0.717, 1.165) is 61.0 Å². The predicted octanol–water partition coefficient (Wildman–Crippen LogP) is 10.00. The van der Waals surface area contributed by atoms with Crippen molar-refractivity contribution >= 4 is 24.4 Å². The SMILES string of the molecule is O=C(O)C(F)(F)F.O=C(OCC1CCC1)N1CCc2ccccc2[C@@H]1c1ccc(F)cc1.O=C(OCC1CNC1)N1CCc2ccccc2[C@@H]1c1ccc(F)cc1.O=CC(F)(F)F.OCC1CCC1. The van der Waals surface area contributed by atoms with E-state index in [1.165, 1.54) is 61.1 Å². The van der Waals surface area contributed by atoms with E-state index in [9.17, 15) is 44.7 Å². The summed E-state index contributed by atoms with van der Waals surface area (Å²) in [5.41, 5.74) is 6.46. The van der Waals surface area contributed by atoms with E-state index < -0.39 is 24.6 Å². The molecule has 4 aromatic carbocycles. The number of aliphatic carboxylic acids is 1. The van der Waals surface area contributed by atoms with Crippen LogP contribution in [0.5, 0.6) is 0 Å². The summed E-state index contributed by atoms with van der Waals surface area (Å²) in [5, 5.41) is 18.7. The van der Waals surface area contributed by atoms with E-state index in [0.29, 0.717) is 50.7 Å². The van der Waals surface area contributed by atoms with Crippen LogP contribution in [0.3, 0.4) is 0 Å². The summed E-state index contributed by atoms with van der Waals surface area (Å²) < 4.78 is 101. The number of ether oxygens (including phenoxy) is 2. The molecule has 11 nitrogen and oxygen atoms in total. The maximum absolute atomic E-state index is 13.4. The molecule has 3 fully saturated rings. The number of halogens is 8. The van der Waals surface area contributed by atoms with E-state index in [1.807, 2.05) is 30.3 Å². The minimum atomic E-state index is -5.08. The number of carboxylic acid groups (broad SMARTS) is 1. The molecule has 1 saturated heterocycles. The highest BCUT2D eigenvalue weighted by molar-refractivity contribution is 5.73. The summed E-state index contributed by atoms with van der Waals surface area (Å²) in [4.78, 5) is 46.6. The highest BCUT2D eigenvalue weighted by Crippen LogP contribution is 2.37. The van der Waals surface area contributed by atoms with Gasteiger partial charge in [-0.2, -0.15) is 26.3 Å². The molecule has 0 bridgehead atoms. The number of carboxylic acids is 1. The second kappa shape index (κ2) is 25.5. The third kappa shape index (κ3) is 16.3. The van der Waals surface area contributed by atoms with Crippen LogP contribution in [-0.2, 0) is 31.9 Å². The third-order valence-electron chi connectivity index (χ3n) is 12.2. The van der Waals surface area contributed by atoms with Gasteiger partial charge in [-0.25, -0.2) is 23.2 Å². The van der Waals surface area contributed by atoms with Crippen molar-refractivity contribution in [3.8, 4) is 0 Å². The van der Waals surface area contributed by atoms with Gasteiger partial charge in [-0.15, -0.1) is 0 Å². The summed E-state index contributed by atoms with van der Waals surface area (Å²) in [6, 6.07) is 28.6. The molecule has 5 aliphatic rings. The fourth-order valence-corrected chi connectivity index (χ4v) is 7.88. The average molecular weight is 978 g/mol. The molecular formula is C50H55F8N3O8. The first kappa shape index (κ1) is 53.9. The Hall–Kier alpha value is -6.08. The molecule has 3 heterocycles. The van der Waals surface area contributed by atoms with Crippen molar-refractivity contribution in [3.05, 3.63) is 142 Å². The summed E-state index contributed by atoms with van der Waals surface area (Å²) >= 11 is 0. The van der Waals surface area contributed by atoms with Gasteiger partial charge < -0.3 is 25.0 Å². The van der Waals surface area contributed by atoms with Gasteiger partial charge in [0.1, 0.15) is 11.6 Å². The second-order valence-corrected chi connectivity index (χ2v) is 17.1. The molecule has 69 heavy (non-hydrogen) atoms. The van der Waals surface area contributed by atoms with Gasteiger partial charge in [0.2, 0.25) is 6.29 Å². The van der Waals surface area contributed by atoms with Gasteiger partial charge >= 0.3 is 30.5 Å². The normalized spacial score (nSPS) is 18.6. The van der Waals surface area contributed by atoms with Gasteiger partial charge in [0.25, 0.3) is 0 Å². The maximum atomic E-state index is 13.4. The Balaban J connectivity index is 0.000000188. The molecule has 9 rings (SSSR count). The van der Waals surface area contributed by atoms with Crippen LogP contribution in [0.4, 0.5) is 44.7 Å². The monoisotopic (exact) mass is 977 g/mol. The molecule has 0 spiro atoms. The first-order chi connectivity index (χ1) is 32.9. The molecular weight excluding hydrogens is 923 g/mol. The predicted molar refractivity (Wildman–Crippen MR) is 237 cm³/mol. The van der Waals surface area contributed by atoms with Gasteiger partial charge in [0, 0.05) is 38.7 Å². The van der Waals surface area contributed by atoms with E-state index in [1.54, 1.807) is 34.1 Å². The lowest BCUT2D eigenvalue weighted by molar-refractivity contribution is -0.192. The van der Waals surface area contributed by atoms with E-state index in [-0.39, 0.29) is 35.9 Å². The number of alkyl halides is 6.